The van der Waals surface area contributed by atoms with Crippen molar-refractivity contribution in [3.8, 4) is 11.5 Å². The molecule has 0 saturated heterocycles. The van der Waals surface area contributed by atoms with Crippen LogP contribution in [0.1, 0.15) is 25.8 Å². The van der Waals surface area contributed by atoms with Gasteiger partial charge in [-0.2, -0.15) is 0 Å². The molecule has 0 aromatic heterocycles. The van der Waals surface area contributed by atoms with E-state index in [1.165, 1.54) is 11.3 Å². The highest BCUT2D eigenvalue weighted by Crippen LogP contribution is 2.43. The molecular weight excluding hydrogens is 202 g/mol. The highest BCUT2D eigenvalue weighted by Gasteiger charge is 2.31. The third-order valence-electron chi connectivity index (χ3n) is 3.34. The van der Waals surface area contributed by atoms with Crippen molar-refractivity contribution in [1.29, 1.82) is 0 Å². The first kappa shape index (κ1) is 9.82. The predicted molar refractivity (Wildman–Crippen MR) is 63.6 cm³/mol. The number of anilines is 1. The summed E-state index contributed by atoms with van der Waals surface area (Å²) in [5.41, 5.74) is 2.70. The Balaban J connectivity index is 2.09. The minimum Gasteiger partial charge on any atom is -0.490 e. The maximum Gasteiger partial charge on any atom is 0.163 e. The summed E-state index contributed by atoms with van der Waals surface area (Å²) in [6.45, 7) is 6.96. The van der Waals surface area contributed by atoms with Gasteiger partial charge >= 0.3 is 0 Å². The van der Waals surface area contributed by atoms with Crippen LogP contribution in [-0.2, 0) is 5.41 Å². The van der Waals surface area contributed by atoms with Crippen molar-refractivity contribution < 1.29 is 9.47 Å². The standard InChI is InChI=1S/C13H17NO2/c1-13(2)8-14-10-7-12-11(6-9(10)13)15-4-3-5-16-12/h6-7,14H,3-5,8H2,1-2H3. The minimum absolute atomic E-state index is 0.181. The Morgan fingerprint density at radius 1 is 1.12 bits per heavy atom. The molecular formula is C13H17NO2. The van der Waals surface area contributed by atoms with Gasteiger partial charge in [0.2, 0.25) is 0 Å². The molecule has 0 saturated carbocycles. The van der Waals surface area contributed by atoms with Crippen LogP contribution in [0.15, 0.2) is 12.1 Å². The molecule has 3 nitrogen and oxygen atoms in total. The fourth-order valence-electron chi connectivity index (χ4n) is 2.33. The molecule has 1 aromatic carbocycles. The highest BCUT2D eigenvalue weighted by molar-refractivity contribution is 5.66. The van der Waals surface area contributed by atoms with E-state index in [0.29, 0.717) is 0 Å². The Morgan fingerprint density at radius 2 is 1.81 bits per heavy atom. The van der Waals surface area contributed by atoms with E-state index < -0.39 is 0 Å². The lowest BCUT2D eigenvalue weighted by molar-refractivity contribution is 0.296. The van der Waals surface area contributed by atoms with Crippen molar-refractivity contribution in [2.45, 2.75) is 25.7 Å². The van der Waals surface area contributed by atoms with Crippen LogP contribution in [0.3, 0.4) is 0 Å². The smallest absolute Gasteiger partial charge is 0.163 e. The average Bonchev–Trinajstić information content (AvgIpc) is 2.46. The summed E-state index contributed by atoms with van der Waals surface area (Å²) in [4.78, 5) is 0. The molecule has 3 heteroatoms. The molecule has 0 amide bonds. The maximum atomic E-state index is 5.71. The Bertz CT molecular complexity index is 426. The Kier molecular flexibility index (Phi) is 2.03. The number of fused-ring (bicyclic) bond motifs is 2. The van der Waals surface area contributed by atoms with Crippen LogP contribution in [-0.4, -0.2) is 19.8 Å². The fourth-order valence-corrected chi connectivity index (χ4v) is 2.33. The van der Waals surface area contributed by atoms with E-state index in [9.17, 15) is 0 Å². The zero-order valence-electron chi connectivity index (χ0n) is 9.80. The van der Waals surface area contributed by atoms with E-state index in [-0.39, 0.29) is 5.41 Å². The van der Waals surface area contributed by atoms with Gasteiger partial charge in [0.15, 0.2) is 11.5 Å². The molecule has 1 N–H and O–H groups in total. The molecule has 2 heterocycles. The molecule has 86 valence electrons. The third-order valence-corrected chi connectivity index (χ3v) is 3.34. The number of rotatable bonds is 0. The summed E-state index contributed by atoms with van der Waals surface area (Å²) >= 11 is 0. The molecule has 0 unspecified atom stereocenters. The number of benzene rings is 1. The largest absolute Gasteiger partial charge is 0.490 e. The van der Waals surface area contributed by atoms with Crippen LogP contribution in [0.2, 0.25) is 0 Å². The van der Waals surface area contributed by atoms with Gasteiger partial charge in [-0.25, -0.2) is 0 Å². The normalized spacial score (nSPS) is 20.9. The van der Waals surface area contributed by atoms with Crippen molar-refractivity contribution in [1.82, 2.24) is 0 Å². The van der Waals surface area contributed by atoms with Gasteiger partial charge in [-0.05, 0) is 11.6 Å². The monoisotopic (exact) mass is 219 g/mol. The first-order valence-corrected chi connectivity index (χ1v) is 5.85. The van der Waals surface area contributed by atoms with Crippen LogP contribution < -0.4 is 14.8 Å². The van der Waals surface area contributed by atoms with Crippen molar-refractivity contribution in [2.75, 3.05) is 25.1 Å². The summed E-state index contributed by atoms with van der Waals surface area (Å²) in [6.07, 6.45) is 0.955. The fraction of sp³-hybridized carbons (Fsp3) is 0.538. The van der Waals surface area contributed by atoms with Crippen molar-refractivity contribution in [2.24, 2.45) is 0 Å². The van der Waals surface area contributed by atoms with Crippen LogP contribution in [0.25, 0.3) is 0 Å². The van der Waals surface area contributed by atoms with Crippen LogP contribution in [0, 0.1) is 0 Å². The summed E-state index contributed by atoms with van der Waals surface area (Å²) in [5.74, 6) is 1.77. The molecule has 16 heavy (non-hydrogen) atoms. The number of nitrogens with one attached hydrogen (secondary N) is 1. The third kappa shape index (κ3) is 1.42. The molecule has 0 bridgehead atoms. The summed E-state index contributed by atoms with van der Waals surface area (Å²) in [6, 6.07) is 4.21. The van der Waals surface area contributed by atoms with Gasteiger partial charge in [-0.15, -0.1) is 0 Å². The van der Waals surface area contributed by atoms with Crippen LogP contribution in [0.4, 0.5) is 5.69 Å². The van der Waals surface area contributed by atoms with Crippen LogP contribution in [0.5, 0.6) is 11.5 Å². The van der Waals surface area contributed by atoms with E-state index in [2.05, 4.69) is 31.3 Å². The summed E-state index contributed by atoms with van der Waals surface area (Å²) in [7, 11) is 0. The molecule has 0 aliphatic carbocycles. The highest BCUT2D eigenvalue weighted by atomic mass is 16.5. The van der Waals surface area contributed by atoms with Gasteiger partial charge in [-0.3, -0.25) is 0 Å². The summed E-state index contributed by atoms with van der Waals surface area (Å²) in [5, 5.41) is 3.43. The predicted octanol–water partition coefficient (Wildman–Crippen LogP) is 2.55. The second-order valence-electron chi connectivity index (χ2n) is 5.13. The lowest BCUT2D eigenvalue weighted by atomic mass is 9.87. The Labute approximate surface area is 95.8 Å². The zero-order valence-corrected chi connectivity index (χ0v) is 9.80. The van der Waals surface area contributed by atoms with Gasteiger partial charge < -0.3 is 14.8 Å². The van der Waals surface area contributed by atoms with E-state index in [4.69, 9.17) is 9.47 Å². The second-order valence-corrected chi connectivity index (χ2v) is 5.13. The molecule has 0 spiro atoms. The average molecular weight is 219 g/mol. The Morgan fingerprint density at radius 3 is 2.56 bits per heavy atom. The van der Waals surface area contributed by atoms with E-state index in [0.717, 1.165) is 37.7 Å². The second kappa shape index (κ2) is 3.30. The van der Waals surface area contributed by atoms with Gasteiger partial charge in [0.05, 0.1) is 13.2 Å². The SMILES string of the molecule is CC1(C)CNc2cc3c(cc21)OCCCO3. The molecule has 3 rings (SSSR count). The first-order chi connectivity index (χ1) is 7.67. The molecule has 0 atom stereocenters. The number of hydrogen-bond acceptors (Lipinski definition) is 3. The van der Waals surface area contributed by atoms with E-state index in [1.54, 1.807) is 0 Å². The van der Waals surface area contributed by atoms with Crippen molar-refractivity contribution in [3.63, 3.8) is 0 Å². The number of hydrogen-bond donors (Lipinski definition) is 1. The van der Waals surface area contributed by atoms with Gasteiger partial charge in [0.1, 0.15) is 0 Å². The Hall–Kier alpha value is -1.38. The minimum atomic E-state index is 0.181. The topological polar surface area (TPSA) is 30.5 Å². The van der Waals surface area contributed by atoms with Gasteiger partial charge in [0, 0.05) is 30.1 Å². The van der Waals surface area contributed by atoms with Crippen molar-refractivity contribution >= 4 is 5.69 Å². The summed E-state index contributed by atoms with van der Waals surface area (Å²) < 4.78 is 11.4. The quantitative estimate of drug-likeness (QED) is 0.727. The van der Waals surface area contributed by atoms with E-state index >= 15 is 0 Å². The van der Waals surface area contributed by atoms with Gasteiger partial charge in [-0.1, -0.05) is 13.8 Å². The lowest BCUT2D eigenvalue weighted by Gasteiger charge is -2.18. The maximum absolute atomic E-state index is 5.71. The first-order valence-electron chi connectivity index (χ1n) is 5.85. The van der Waals surface area contributed by atoms with Crippen molar-refractivity contribution in [3.05, 3.63) is 17.7 Å². The van der Waals surface area contributed by atoms with E-state index in [1.807, 2.05) is 0 Å². The molecule has 0 radical (unpaired) electrons. The lowest BCUT2D eigenvalue weighted by Crippen LogP contribution is -2.18. The molecule has 0 fully saturated rings. The zero-order chi connectivity index (χ0) is 11.2. The number of ether oxygens (including phenoxy) is 2. The molecule has 2 aliphatic heterocycles. The molecule has 2 aliphatic rings. The van der Waals surface area contributed by atoms with Gasteiger partial charge in [0.25, 0.3) is 0 Å². The van der Waals surface area contributed by atoms with Crippen LogP contribution >= 0.6 is 0 Å². The molecule has 1 aromatic rings.